The first-order chi connectivity index (χ1) is 8.65. The van der Waals surface area contributed by atoms with Gasteiger partial charge in [0.1, 0.15) is 11.3 Å². The second-order valence-corrected chi connectivity index (χ2v) is 5.64. The highest BCUT2D eigenvalue weighted by atomic mass is 79.9. The van der Waals surface area contributed by atoms with Crippen molar-refractivity contribution in [2.75, 3.05) is 6.54 Å². The highest BCUT2D eigenvalue weighted by Gasteiger charge is 2.16. The second kappa shape index (κ2) is 6.09. The van der Waals surface area contributed by atoms with Gasteiger partial charge in [0.05, 0.1) is 10.5 Å². The van der Waals surface area contributed by atoms with Gasteiger partial charge in [-0.1, -0.05) is 31.9 Å². The van der Waals surface area contributed by atoms with Gasteiger partial charge in [-0.15, -0.1) is 0 Å². The highest BCUT2D eigenvalue weighted by Crippen LogP contribution is 2.33. The molecule has 0 bridgehead atoms. The Morgan fingerprint density at radius 3 is 2.78 bits per heavy atom. The summed E-state index contributed by atoms with van der Waals surface area (Å²) in [5, 5.41) is 5.22. The third-order valence-corrected chi connectivity index (χ3v) is 3.73. The van der Waals surface area contributed by atoms with E-state index in [1.165, 1.54) is 0 Å². The van der Waals surface area contributed by atoms with Gasteiger partial charge in [-0.05, 0) is 47.1 Å². The lowest BCUT2D eigenvalue weighted by Gasteiger charge is -2.13. The van der Waals surface area contributed by atoms with Crippen LogP contribution in [0.2, 0.25) is 5.02 Å². The van der Waals surface area contributed by atoms with E-state index in [2.05, 4.69) is 41.2 Å². The molecule has 1 atom stereocenters. The number of benzene rings is 1. The maximum atomic E-state index is 6.05. The van der Waals surface area contributed by atoms with Crippen molar-refractivity contribution in [1.82, 2.24) is 5.32 Å². The van der Waals surface area contributed by atoms with Gasteiger partial charge in [0.25, 0.3) is 0 Å². The van der Waals surface area contributed by atoms with Gasteiger partial charge in [0.15, 0.2) is 0 Å². The van der Waals surface area contributed by atoms with Crippen molar-refractivity contribution in [2.24, 2.45) is 0 Å². The first kappa shape index (κ1) is 13.9. The average Bonchev–Trinajstić information content (AvgIpc) is 2.72. The molecule has 0 saturated heterocycles. The van der Waals surface area contributed by atoms with Crippen LogP contribution < -0.4 is 5.32 Å². The minimum atomic E-state index is 0.276. The molecule has 1 heterocycles. The Morgan fingerprint density at radius 1 is 1.33 bits per heavy atom. The van der Waals surface area contributed by atoms with Crippen molar-refractivity contribution >= 4 is 38.5 Å². The summed E-state index contributed by atoms with van der Waals surface area (Å²) < 4.78 is 6.86. The fraction of sp³-hybridized carbons (Fsp3) is 0.429. The Bertz CT molecular complexity index is 532. The van der Waals surface area contributed by atoms with Crippen molar-refractivity contribution in [3.05, 3.63) is 33.5 Å². The van der Waals surface area contributed by atoms with Crippen molar-refractivity contribution < 1.29 is 4.42 Å². The van der Waals surface area contributed by atoms with Crippen LogP contribution in [0.25, 0.3) is 11.0 Å². The maximum Gasteiger partial charge on any atom is 0.148 e. The number of halogens is 2. The molecule has 0 radical (unpaired) electrons. The molecule has 2 rings (SSSR count). The number of nitrogens with one attached hydrogen (secondary N) is 1. The van der Waals surface area contributed by atoms with Crippen LogP contribution in [0.15, 0.2) is 27.1 Å². The minimum absolute atomic E-state index is 0.276. The van der Waals surface area contributed by atoms with Crippen LogP contribution in [0.4, 0.5) is 0 Å². The Balaban J connectivity index is 2.41. The number of furan rings is 1. The van der Waals surface area contributed by atoms with Crippen molar-refractivity contribution in [3.63, 3.8) is 0 Å². The maximum absolute atomic E-state index is 6.05. The fourth-order valence-electron chi connectivity index (χ4n) is 2.15. The molecular weight excluding hydrogens is 314 g/mol. The molecule has 0 aliphatic rings. The van der Waals surface area contributed by atoms with Crippen LogP contribution in [-0.2, 0) is 0 Å². The lowest BCUT2D eigenvalue weighted by molar-refractivity contribution is 0.414. The third kappa shape index (κ3) is 2.90. The largest absolute Gasteiger partial charge is 0.458 e. The zero-order valence-corrected chi connectivity index (χ0v) is 12.9. The quantitative estimate of drug-likeness (QED) is 0.804. The van der Waals surface area contributed by atoms with E-state index in [0.29, 0.717) is 0 Å². The van der Waals surface area contributed by atoms with E-state index in [-0.39, 0.29) is 6.04 Å². The summed E-state index contributed by atoms with van der Waals surface area (Å²) in [6.45, 7) is 5.22. The molecule has 4 heteroatoms. The summed E-state index contributed by atoms with van der Waals surface area (Å²) in [6, 6.07) is 6.15. The molecule has 1 aromatic carbocycles. The average molecular weight is 331 g/mol. The van der Waals surface area contributed by atoms with Crippen LogP contribution in [0.1, 0.15) is 38.5 Å². The molecule has 0 aliphatic carbocycles. The molecule has 0 spiro atoms. The Labute approximate surface area is 121 Å². The molecule has 2 aromatic rings. The normalized spacial score (nSPS) is 13.1. The number of rotatable bonds is 5. The predicted molar refractivity (Wildman–Crippen MR) is 80.2 cm³/mol. The smallest absolute Gasteiger partial charge is 0.148 e. The molecular formula is C14H17BrClNO. The number of hydrogen-bond donors (Lipinski definition) is 1. The standard InChI is InChI=1S/C14H17BrClNO/c1-3-5-12(17-4-2)13-7-9-6-10(16)8-11(15)14(9)18-13/h6-8,12,17H,3-5H2,1-2H3. The van der Waals surface area contributed by atoms with Gasteiger partial charge in [-0.3, -0.25) is 0 Å². The summed E-state index contributed by atoms with van der Waals surface area (Å²) in [4.78, 5) is 0. The lowest BCUT2D eigenvalue weighted by atomic mass is 10.1. The highest BCUT2D eigenvalue weighted by molar-refractivity contribution is 9.10. The first-order valence-corrected chi connectivity index (χ1v) is 7.44. The molecule has 2 nitrogen and oxygen atoms in total. The van der Waals surface area contributed by atoms with Crippen molar-refractivity contribution in [3.8, 4) is 0 Å². The molecule has 1 N–H and O–H groups in total. The van der Waals surface area contributed by atoms with Gasteiger partial charge in [0, 0.05) is 10.4 Å². The van der Waals surface area contributed by atoms with E-state index in [4.69, 9.17) is 16.0 Å². The number of hydrogen-bond acceptors (Lipinski definition) is 2. The topological polar surface area (TPSA) is 25.2 Å². The van der Waals surface area contributed by atoms with E-state index >= 15 is 0 Å². The molecule has 0 amide bonds. The van der Waals surface area contributed by atoms with Crippen LogP contribution >= 0.6 is 27.5 Å². The molecule has 98 valence electrons. The van der Waals surface area contributed by atoms with E-state index in [1.54, 1.807) is 0 Å². The Morgan fingerprint density at radius 2 is 2.11 bits per heavy atom. The van der Waals surface area contributed by atoms with E-state index in [9.17, 15) is 0 Å². The monoisotopic (exact) mass is 329 g/mol. The van der Waals surface area contributed by atoms with Gasteiger partial charge >= 0.3 is 0 Å². The first-order valence-electron chi connectivity index (χ1n) is 6.27. The van der Waals surface area contributed by atoms with Gasteiger partial charge in [-0.25, -0.2) is 0 Å². The molecule has 1 unspecified atom stereocenters. The van der Waals surface area contributed by atoms with Crippen LogP contribution in [0.5, 0.6) is 0 Å². The molecule has 0 saturated carbocycles. The number of fused-ring (bicyclic) bond motifs is 1. The third-order valence-electron chi connectivity index (χ3n) is 2.93. The fourth-order valence-corrected chi connectivity index (χ4v) is 3.06. The van der Waals surface area contributed by atoms with Gasteiger partial charge in [-0.2, -0.15) is 0 Å². The summed E-state index contributed by atoms with van der Waals surface area (Å²) in [5.74, 6) is 0.983. The van der Waals surface area contributed by atoms with E-state index < -0.39 is 0 Å². The van der Waals surface area contributed by atoms with Gasteiger partial charge in [0.2, 0.25) is 0 Å². The van der Waals surface area contributed by atoms with Crippen LogP contribution in [-0.4, -0.2) is 6.54 Å². The summed E-state index contributed by atoms with van der Waals surface area (Å²) in [6.07, 6.45) is 2.19. The minimum Gasteiger partial charge on any atom is -0.458 e. The zero-order chi connectivity index (χ0) is 13.1. The van der Waals surface area contributed by atoms with Crippen molar-refractivity contribution in [2.45, 2.75) is 32.7 Å². The van der Waals surface area contributed by atoms with Crippen LogP contribution in [0.3, 0.4) is 0 Å². The van der Waals surface area contributed by atoms with Gasteiger partial charge < -0.3 is 9.73 Å². The van der Waals surface area contributed by atoms with E-state index in [0.717, 1.165) is 45.6 Å². The predicted octanol–water partition coefficient (Wildman–Crippen LogP) is 5.30. The molecule has 1 aromatic heterocycles. The summed E-state index contributed by atoms with van der Waals surface area (Å²) in [5.41, 5.74) is 0.869. The zero-order valence-electron chi connectivity index (χ0n) is 10.6. The van der Waals surface area contributed by atoms with E-state index in [1.807, 2.05) is 12.1 Å². The summed E-state index contributed by atoms with van der Waals surface area (Å²) in [7, 11) is 0. The summed E-state index contributed by atoms with van der Waals surface area (Å²) >= 11 is 9.54. The molecule has 0 aliphatic heterocycles. The molecule has 18 heavy (non-hydrogen) atoms. The Hall–Kier alpha value is -0.510. The van der Waals surface area contributed by atoms with Crippen molar-refractivity contribution in [1.29, 1.82) is 0 Å². The lowest BCUT2D eigenvalue weighted by Crippen LogP contribution is -2.20. The van der Waals surface area contributed by atoms with Crippen LogP contribution in [0, 0.1) is 0 Å². The SMILES string of the molecule is CCCC(NCC)c1cc2cc(Cl)cc(Br)c2o1. The molecule has 0 fully saturated rings. The second-order valence-electron chi connectivity index (χ2n) is 4.35. The Kier molecular flexibility index (Phi) is 4.71.